The van der Waals surface area contributed by atoms with Crippen molar-refractivity contribution in [2.45, 2.75) is 50.5 Å². The first-order valence-electron chi connectivity index (χ1n) is 8.03. The van der Waals surface area contributed by atoms with Gasteiger partial charge in [0.25, 0.3) is 0 Å². The number of sulfonamides is 1. The van der Waals surface area contributed by atoms with Crippen LogP contribution in [0.5, 0.6) is 0 Å². The van der Waals surface area contributed by atoms with Gasteiger partial charge in [-0.1, -0.05) is 18.0 Å². The fourth-order valence-corrected chi connectivity index (χ4v) is 5.37. The Hall–Kier alpha value is -1.45. The van der Waals surface area contributed by atoms with Crippen molar-refractivity contribution in [1.29, 1.82) is 0 Å². The van der Waals surface area contributed by atoms with Crippen molar-refractivity contribution in [3.63, 3.8) is 0 Å². The molecule has 1 saturated carbocycles. The molecule has 0 radical (unpaired) electrons. The third-order valence-corrected chi connectivity index (χ3v) is 7.18. The maximum Gasteiger partial charge on any atom is 0.313 e. The lowest BCUT2D eigenvalue weighted by Crippen LogP contribution is -2.57. The van der Waals surface area contributed by atoms with Gasteiger partial charge in [-0.05, 0) is 32.6 Å². The van der Waals surface area contributed by atoms with Gasteiger partial charge in [0.2, 0.25) is 10.0 Å². The second kappa shape index (κ2) is 5.82. The van der Waals surface area contributed by atoms with Crippen molar-refractivity contribution in [3.8, 4) is 0 Å². The Labute approximate surface area is 140 Å². The van der Waals surface area contributed by atoms with Gasteiger partial charge in [0.05, 0.1) is 6.10 Å². The third kappa shape index (κ3) is 2.74. The lowest BCUT2D eigenvalue weighted by atomic mass is 9.74. The number of hydrogen-bond donors (Lipinski definition) is 2. The first-order valence-corrected chi connectivity index (χ1v) is 9.47. The number of aryl methyl sites for hydroxylation is 2. The highest BCUT2D eigenvalue weighted by Gasteiger charge is 2.54. The first-order chi connectivity index (χ1) is 11.2. The Balaban J connectivity index is 1.96. The summed E-state index contributed by atoms with van der Waals surface area (Å²) in [5.74, 6) is -0.709. The van der Waals surface area contributed by atoms with Crippen LogP contribution in [0.1, 0.15) is 37.1 Å². The molecule has 1 saturated heterocycles. The summed E-state index contributed by atoms with van der Waals surface area (Å²) in [5.41, 5.74) is -1.20. The van der Waals surface area contributed by atoms with Crippen molar-refractivity contribution < 1.29 is 27.9 Å². The van der Waals surface area contributed by atoms with Crippen molar-refractivity contribution in [1.82, 2.24) is 9.46 Å². The highest BCUT2D eigenvalue weighted by Crippen LogP contribution is 2.46. The zero-order valence-corrected chi connectivity index (χ0v) is 14.5. The van der Waals surface area contributed by atoms with Crippen LogP contribution >= 0.6 is 0 Å². The molecule has 2 aliphatic rings. The van der Waals surface area contributed by atoms with Crippen molar-refractivity contribution in [3.05, 3.63) is 11.5 Å². The summed E-state index contributed by atoms with van der Waals surface area (Å²) in [5, 5.41) is 23.8. The molecule has 24 heavy (non-hydrogen) atoms. The minimum Gasteiger partial charge on any atom is -0.481 e. The van der Waals surface area contributed by atoms with Gasteiger partial charge >= 0.3 is 5.97 Å². The number of carbonyl (C=O) groups is 1. The second-order valence-corrected chi connectivity index (χ2v) is 8.78. The van der Waals surface area contributed by atoms with Crippen molar-refractivity contribution in [2.75, 3.05) is 13.1 Å². The Bertz CT molecular complexity index is 735. The molecule has 1 aliphatic heterocycles. The Morgan fingerprint density at radius 3 is 2.54 bits per heavy atom. The number of hydrogen-bond acceptors (Lipinski definition) is 6. The SMILES string of the molecule is Cc1noc(C)c1S(=O)(=O)N1CC[C@H](O)[C@@](CC2CC2)(C(=O)O)C1. The molecule has 2 heterocycles. The Morgan fingerprint density at radius 2 is 2.04 bits per heavy atom. The van der Waals surface area contributed by atoms with Crippen LogP contribution in [-0.4, -0.2) is 53.3 Å². The number of nitrogens with zero attached hydrogens (tertiary/aromatic N) is 2. The Kier molecular flexibility index (Phi) is 4.21. The topological polar surface area (TPSA) is 121 Å². The lowest BCUT2D eigenvalue weighted by Gasteiger charge is -2.42. The van der Waals surface area contributed by atoms with Crippen LogP contribution < -0.4 is 0 Å². The fraction of sp³-hybridized carbons (Fsp3) is 0.733. The molecule has 3 rings (SSSR count). The minimum atomic E-state index is -3.92. The van der Waals surface area contributed by atoms with E-state index in [1.54, 1.807) is 0 Å². The molecule has 2 atom stereocenters. The van der Waals surface area contributed by atoms with Gasteiger partial charge in [0.1, 0.15) is 16.0 Å². The van der Waals surface area contributed by atoms with Crippen LogP contribution in [0, 0.1) is 25.2 Å². The predicted octanol–water partition coefficient (Wildman–Crippen LogP) is 0.918. The zero-order valence-electron chi connectivity index (χ0n) is 13.7. The quantitative estimate of drug-likeness (QED) is 0.802. The molecule has 0 spiro atoms. The summed E-state index contributed by atoms with van der Waals surface area (Å²) in [6, 6.07) is 0. The summed E-state index contributed by atoms with van der Waals surface area (Å²) in [6.45, 7) is 2.90. The van der Waals surface area contributed by atoms with Gasteiger partial charge in [-0.3, -0.25) is 4.79 Å². The van der Waals surface area contributed by atoms with E-state index in [1.165, 1.54) is 13.8 Å². The average Bonchev–Trinajstić information content (AvgIpc) is 3.24. The third-order valence-electron chi connectivity index (χ3n) is 5.09. The van der Waals surface area contributed by atoms with E-state index in [4.69, 9.17) is 4.52 Å². The smallest absolute Gasteiger partial charge is 0.313 e. The van der Waals surface area contributed by atoms with E-state index in [9.17, 15) is 23.4 Å². The molecule has 0 amide bonds. The van der Waals surface area contributed by atoms with Crippen LogP contribution in [0.3, 0.4) is 0 Å². The number of piperidine rings is 1. The molecule has 9 heteroatoms. The molecule has 1 aromatic rings. The zero-order chi connectivity index (χ0) is 17.7. The molecule has 0 bridgehead atoms. The largest absolute Gasteiger partial charge is 0.481 e. The summed E-state index contributed by atoms with van der Waals surface area (Å²) < 4.78 is 32.0. The summed E-state index contributed by atoms with van der Waals surface area (Å²) in [4.78, 5) is 11.9. The van der Waals surface area contributed by atoms with E-state index in [-0.39, 0.29) is 41.8 Å². The number of rotatable bonds is 5. The number of carboxylic acids is 1. The standard InChI is InChI=1S/C15H22N2O6S/c1-9-13(10(2)23-16-9)24(21,22)17-6-5-12(18)15(8-17,14(19)20)7-11-3-4-11/h11-12,18H,3-8H2,1-2H3,(H,19,20)/t12-,15-/m0/s1. The number of aliphatic hydroxyl groups excluding tert-OH is 1. The van der Waals surface area contributed by atoms with Gasteiger partial charge in [-0.15, -0.1) is 0 Å². The minimum absolute atomic E-state index is 0.00963. The van der Waals surface area contributed by atoms with Crippen LogP contribution in [-0.2, 0) is 14.8 Å². The molecule has 0 aromatic carbocycles. The van der Waals surface area contributed by atoms with Gasteiger partial charge < -0.3 is 14.7 Å². The number of carboxylic acid groups (broad SMARTS) is 1. The van der Waals surface area contributed by atoms with Gasteiger partial charge in [0.15, 0.2) is 5.76 Å². The lowest BCUT2D eigenvalue weighted by molar-refractivity contribution is -0.162. The molecular weight excluding hydrogens is 336 g/mol. The summed E-state index contributed by atoms with van der Waals surface area (Å²) in [6.07, 6.45) is 1.21. The normalized spacial score (nSPS) is 28.9. The van der Waals surface area contributed by atoms with Crippen LogP contribution in [0.2, 0.25) is 0 Å². The highest BCUT2D eigenvalue weighted by molar-refractivity contribution is 7.89. The number of aliphatic carboxylic acids is 1. The molecule has 2 N–H and O–H groups in total. The molecule has 134 valence electrons. The summed E-state index contributed by atoms with van der Waals surface area (Å²) >= 11 is 0. The van der Waals surface area contributed by atoms with Crippen LogP contribution in [0.4, 0.5) is 0 Å². The van der Waals surface area contributed by atoms with E-state index < -0.39 is 27.5 Å². The predicted molar refractivity (Wildman–Crippen MR) is 82.8 cm³/mol. The molecule has 1 aromatic heterocycles. The molecular formula is C15H22N2O6S. The molecule has 0 unspecified atom stereocenters. The van der Waals surface area contributed by atoms with Gasteiger partial charge in [-0.2, -0.15) is 4.31 Å². The van der Waals surface area contributed by atoms with Crippen LogP contribution in [0.25, 0.3) is 0 Å². The first kappa shape index (κ1) is 17.4. The van der Waals surface area contributed by atoms with Gasteiger partial charge in [-0.25, -0.2) is 8.42 Å². The van der Waals surface area contributed by atoms with E-state index in [1.807, 2.05) is 0 Å². The molecule has 1 aliphatic carbocycles. The fourth-order valence-electron chi connectivity index (χ4n) is 3.55. The van der Waals surface area contributed by atoms with E-state index in [0.717, 1.165) is 17.1 Å². The van der Waals surface area contributed by atoms with E-state index >= 15 is 0 Å². The monoisotopic (exact) mass is 358 g/mol. The maximum absolute atomic E-state index is 13.0. The van der Waals surface area contributed by atoms with E-state index in [2.05, 4.69) is 5.16 Å². The average molecular weight is 358 g/mol. The van der Waals surface area contributed by atoms with Crippen LogP contribution in [0.15, 0.2) is 9.42 Å². The van der Waals surface area contributed by atoms with Crippen molar-refractivity contribution in [2.24, 2.45) is 11.3 Å². The highest BCUT2D eigenvalue weighted by atomic mass is 32.2. The second-order valence-electron chi connectivity index (χ2n) is 6.91. The van der Waals surface area contributed by atoms with E-state index in [0.29, 0.717) is 6.42 Å². The molecule has 8 nitrogen and oxygen atoms in total. The number of aromatic nitrogens is 1. The maximum atomic E-state index is 13.0. The molecule has 2 fully saturated rings. The summed E-state index contributed by atoms with van der Waals surface area (Å²) in [7, 11) is -3.92. The van der Waals surface area contributed by atoms with Gasteiger partial charge in [0, 0.05) is 13.1 Å². The Morgan fingerprint density at radius 1 is 1.38 bits per heavy atom. The van der Waals surface area contributed by atoms with Crippen molar-refractivity contribution >= 4 is 16.0 Å². The number of aliphatic hydroxyl groups is 1.